The van der Waals surface area contributed by atoms with Gasteiger partial charge in [0.2, 0.25) is 0 Å². The molecule has 147 valence electrons. The van der Waals surface area contributed by atoms with Crippen LogP contribution in [0.5, 0.6) is 5.75 Å². The van der Waals surface area contributed by atoms with E-state index in [2.05, 4.69) is 10.3 Å². The number of nitrogens with zero attached hydrogens (tertiary/aromatic N) is 5. The van der Waals surface area contributed by atoms with Crippen molar-refractivity contribution in [1.29, 1.82) is 5.41 Å². The van der Waals surface area contributed by atoms with Crippen LogP contribution >= 0.6 is 0 Å². The predicted octanol–water partition coefficient (Wildman–Crippen LogP) is 0.319. The van der Waals surface area contributed by atoms with Crippen LogP contribution in [0.4, 0.5) is 5.69 Å². The molecule has 0 saturated heterocycles. The summed E-state index contributed by atoms with van der Waals surface area (Å²) in [6.07, 6.45) is 3.64. The van der Waals surface area contributed by atoms with Gasteiger partial charge < -0.3 is 30.8 Å². The van der Waals surface area contributed by atoms with Crippen molar-refractivity contribution in [3.05, 3.63) is 56.6 Å². The number of anilines is 1. The van der Waals surface area contributed by atoms with Gasteiger partial charge in [0.05, 0.1) is 24.8 Å². The normalized spacial score (nSPS) is 8.52. The summed E-state index contributed by atoms with van der Waals surface area (Å²) in [5.74, 6) is 0.571. The van der Waals surface area contributed by atoms with Gasteiger partial charge in [-0.2, -0.15) is 0 Å². The van der Waals surface area contributed by atoms with E-state index >= 15 is 0 Å². The number of aryl methyl sites for hydroxylation is 1. The molecule has 0 aliphatic rings. The first-order chi connectivity index (χ1) is 12.1. The number of hydrogen-bond donors (Lipinski definition) is 5. The van der Waals surface area contributed by atoms with Crippen molar-refractivity contribution in [3.63, 3.8) is 0 Å². The van der Waals surface area contributed by atoms with Crippen LogP contribution in [0, 0.1) is 32.6 Å². The highest BCUT2D eigenvalue weighted by atomic mass is 16.9. The Kier molecular flexibility index (Phi) is 11.4. The summed E-state index contributed by atoms with van der Waals surface area (Å²) in [6, 6.07) is 5.49. The number of benzene rings is 1. The number of hydrogen-bond acceptors (Lipinski definition) is 7. The molecule has 0 aliphatic heterocycles. The Morgan fingerprint density at radius 3 is 2.22 bits per heavy atom. The quantitative estimate of drug-likeness (QED) is 0.209. The molecule has 0 unspecified atom stereocenters. The second-order valence-corrected chi connectivity index (χ2v) is 4.32. The smallest absolute Gasteiger partial charge is 0.291 e. The minimum atomic E-state index is -1.50. The van der Waals surface area contributed by atoms with Gasteiger partial charge in [0.1, 0.15) is 5.75 Å². The summed E-state index contributed by atoms with van der Waals surface area (Å²) in [5.41, 5.74) is 7.81. The molecule has 1 heterocycles. The fraction of sp³-hybridized carbons (Fsp3) is 0.167. The van der Waals surface area contributed by atoms with Crippen LogP contribution in [0.1, 0.15) is 5.69 Å². The second kappa shape index (κ2) is 12.3. The zero-order valence-corrected chi connectivity index (χ0v) is 14.1. The van der Waals surface area contributed by atoms with Gasteiger partial charge in [0.25, 0.3) is 10.2 Å². The lowest BCUT2D eigenvalue weighted by Crippen LogP contribution is -2.20. The minimum absolute atomic E-state index is 0. The van der Waals surface area contributed by atoms with Crippen molar-refractivity contribution in [2.24, 2.45) is 5.73 Å². The van der Waals surface area contributed by atoms with Crippen molar-refractivity contribution in [1.82, 2.24) is 15.7 Å². The highest BCUT2D eigenvalue weighted by molar-refractivity contribution is 5.90. The zero-order valence-electron chi connectivity index (χ0n) is 14.1. The number of imidazole rings is 1. The van der Waals surface area contributed by atoms with E-state index in [-0.39, 0.29) is 12.1 Å². The standard InChI is InChI=1S/C12H15N5O.2HNO3.N/c1-8-6-17(7-15-8)10-4-3-9(16-12(13)14)5-11(10)18-2;2*2-1(3)4;/h3-7H,1-2H3,(H4,13,14,16);2*(H,2,3,4);. The van der Waals surface area contributed by atoms with Gasteiger partial charge in [-0.3, -0.25) is 5.41 Å². The van der Waals surface area contributed by atoms with Crippen LogP contribution in [0.25, 0.3) is 5.69 Å². The SMILES string of the molecule is COc1cc(NC(=N)N)ccc1-n1cnc(C)c1.O=[N+]([O-])O.O=[N+]([O-])O.[N]. The van der Waals surface area contributed by atoms with E-state index in [1.165, 1.54) is 0 Å². The third kappa shape index (κ3) is 11.1. The first-order valence-corrected chi connectivity index (χ1v) is 6.53. The molecule has 1 aromatic heterocycles. The Balaban J connectivity index is 0. The Morgan fingerprint density at radius 1 is 1.33 bits per heavy atom. The van der Waals surface area contributed by atoms with E-state index in [0.717, 1.165) is 11.4 Å². The number of aromatic nitrogens is 2. The third-order valence-electron chi connectivity index (χ3n) is 2.45. The fourth-order valence-corrected chi connectivity index (χ4v) is 1.68. The second-order valence-electron chi connectivity index (χ2n) is 4.32. The molecule has 15 heteroatoms. The number of nitrogens with two attached hydrogens (primary N) is 1. The van der Waals surface area contributed by atoms with E-state index in [0.29, 0.717) is 11.4 Å². The molecule has 0 bridgehead atoms. The number of nitrogens with one attached hydrogen (secondary N) is 2. The largest absolute Gasteiger partial charge is 0.494 e. The van der Waals surface area contributed by atoms with Crippen LogP contribution in [-0.4, -0.2) is 43.2 Å². The fourth-order valence-electron chi connectivity index (χ4n) is 1.68. The van der Waals surface area contributed by atoms with Crippen molar-refractivity contribution in [2.75, 3.05) is 12.4 Å². The first kappa shape index (κ1) is 25.1. The van der Waals surface area contributed by atoms with Gasteiger partial charge in [-0.05, 0) is 19.1 Å². The Morgan fingerprint density at radius 2 is 1.85 bits per heavy atom. The lowest BCUT2D eigenvalue weighted by Gasteiger charge is -2.11. The van der Waals surface area contributed by atoms with E-state index in [9.17, 15) is 0 Å². The molecule has 0 aliphatic carbocycles. The molecule has 2 aromatic rings. The molecule has 0 amide bonds. The van der Waals surface area contributed by atoms with Crippen LogP contribution in [0.3, 0.4) is 0 Å². The molecular formula is C12H17N8O7. The summed E-state index contributed by atoms with van der Waals surface area (Å²) in [7, 11) is 1.60. The lowest BCUT2D eigenvalue weighted by atomic mass is 10.2. The van der Waals surface area contributed by atoms with Crippen molar-refractivity contribution in [3.8, 4) is 11.4 Å². The van der Waals surface area contributed by atoms with Gasteiger partial charge in [-0.25, -0.2) is 4.98 Å². The molecule has 0 saturated carbocycles. The summed E-state index contributed by atoms with van der Waals surface area (Å²) >= 11 is 0. The maximum atomic E-state index is 8.36. The number of rotatable bonds is 3. The Hall–Kier alpha value is -4.14. The van der Waals surface area contributed by atoms with Crippen molar-refractivity contribution in [2.45, 2.75) is 6.92 Å². The van der Waals surface area contributed by atoms with Crippen molar-refractivity contribution < 1.29 is 25.3 Å². The van der Waals surface area contributed by atoms with Crippen LogP contribution in [-0.2, 0) is 0 Å². The molecule has 15 nitrogen and oxygen atoms in total. The van der Waals surface area contributed by atoms with Gasteiger partial charge in [0, 0.05) is 24.1 Å². The average molecular weight is 385 g/mol. The summed E-state index contributed by atoms with van der Waals surface area (Å²) in [6.45, 7) is 1.93. The predicted molar refractivity (Wildman–Crippen MR) is 90.1 cm³/mol. The lowest BCUT2D eigenvalue weighted by molar-refractivity contribution is -0.742. The maximum Gasteiger partial charge on any atom is 0.291 e. The van der Waals surface area contributed by atoms with Crippen LogP contribution < -0.4 is 21.9 Å². The number of guanidine groups is 1. The van der Waals surface area contributed by atoms with E-state index in [1.54, 1.807) is 19.5 Å². The molecule has 0 spiro atoms. The minimum Gasteiger partial charge on any atom is -0.494 e. The number of methoxy groups -OCH3 is 1. The van der Waals surface area contributed by atoms with E-state index < -0.39 is 10.2 Å². The van der Waals surface area contributed by atoms with E-state index in [1.807, 2.05) is 29.8 Å². The zero-order chi connectivity index (χ0) is 20.3. The molecule has 3 radical (unpaired) electrons. The molecular weight excluding hydrogens is 368 g/mol. The summed E-state index contributed by atoms with van der Waals surface area (Å²) < 4.78 is 7.21. The first-order valence-electron chi connectivity index (χ1n) is 6.53. The van der Waals surface area contributed by atoms with Crippen molar-refractivity contribution >= 4 is 11.6 Å². The molecule has 6 N–H and O–H groups in total. The maximum absolute atomic E-state index is 8.36. The molecule has 2 rings (SSSR count). The molecule has 1 aromatic carbocycles. The van der Waals surface area contributed by atoms with Gasteiger partial charge >= 0.3 is 0 Å². The molecule has 27 heavy (non-hydrogen) atoms. The Labute approximate surface area is 152 Å². The summed E-state index contributed by atoms with van der Waals surface area (Å²) in [4.78, 5) is 20.9. The van der Waals surface area contributed by atoms with Gasteiger partial charge in [-0.1, -0.05) is 0 Å². The number of ether oxygens (including phenoxy) is 1. The molecule has 0 atom stereocenters. The van der Waals surface area contributed by atoms with Gasteiger partial charge in [0.15, 0.2) is 5.96 Å². The summed E-state index contributed by atoms with van der Waals surface area (Å²) in [5, 5.41) is 37.2. The monoisotopic (exact) mass is 385 g/mol. The highest BCUT2D eigenvalue weighted by Crippen LogP contribution is 2.26. The average Bonchev–Trinajstić information content (AvgIpc) is 2.91. The topological polar surface area (TPSA) is 246 Å². The van der Waals surface area contributed by atoms with E-state index in [4.69, 9.17) is 46.5 Å². The third-order valence-corrected chi connectivity index (χ3v) is 2.45. The van der Waals surface area contributed by atoms with Gasteiger partial charge in [-0.15, -0.1) is 20.2 Å². The van der Waals surface area contributed by atoms with Crippen LogP contribution in [0.2, 0.25) is 0 Å². The highest BCUT2D eigenvalue weighted by Gasteiger charge is 2.07. The Bertz CT molecular complexity index is 744. The molecule has 0 fully saturated rings. The van der Waals surface area contributed by atoms with Crippen LogP contribution in [0.15, 0.2) is 30.7 Å².